The summed E-state index contributed by atoms with van der Waals surface area (Å²) in [7, 11) is 3.06. The van der Waals surface area contributed by atoms with Crippen molar-refractivity contribution in [2.45, 2.75) is 52.5 Å². The van der Waals surface area contributed by atoms with Crippen LogP contribution in [0.4, 0.5) is 5.69 Å². The van der Waals surface area contributed by atoms with E-state index in [0.717, 1.165) is 16.9 Å². The Morgan fingerprint density at radius 3 is 2.08 bits per heavy atom. The van der Waals surface area contributed by atoms with E-state index >= 15 is 0 Å². The van der Waals surface area contributed by atoms with Crippen molar-refractivity contribution in [2.24, 2.45) is 0 Å². The van der Waals surface area contributed by atoms with Crippen molar-refractivity contribution in [1.82, 2.24) is 0 Å². The summed E-state index contributed by atoms with van der Waals surface area (Å²) in [5.74, 6) is 0.375. The molecular formula is C33H37NO6. The molecule has 40 heavy (non-hydrogen) atoms. The van der Waals surface area contributed by atoms with E-state index in [0.29, 0.717) is 40.8 Å². The predicted octanol–water partition coefficient (Wildman–Crippen LogP) is 6.98. The number of nitrogens with zero attached hydrogens (tertiary/aromatic N) is 1. The summed E-state index contributed by atoms with van der Waals surface area (Å²) in [4.78, 5) is 28.7. The van der Waals surface area contributed by atoms with Gasteiger partial charge in [-0.15, -0.1) is 0 Å². The molecule has 1 aliphatic rings. The Bertz CT molecular complexity index is 1440. The van der Waals surface area contributed by atoms with E-state index in [2.05, 4.69) is 13.8 Å². The first-order chi connectivity index (χ1) is 19.1. The molecule has 0 aromatic heterocycles. The number of aliphatic hydroxyl groups is 1. The van der Waals surface area contributed by atoms with Crippen LogP contribution in [-0.2, 0) is 9.59 Å². The SMILES string of the molecule is CCOc1ccc(/C(O)=C2\C(=O)C(=O)N(c3ccc(C(C)C)cc3)C2c2ccc(OC)c(OC)c2)cc1C(C)C. The zero-order chi connectivity index (χ0) is 29.1. The van der Waals surface area contributed by atoms with Gasteiger partial charge in [-0.2, -0.15) is 0 Å². The number of hydrogen-bond donors (Lipinski definition) is 1. The van der Waals surface area contributed by atoms with Gasteiger partial charge in [0.15, 0.2) is 11.5 Å². The van der Waals surface area contributed by atoms with Gasteiger partial charge in [0.25, 0.3) is 11.7 Å². The average molecular weight is 544 g/mol. The Balaban J connectivity index is 1.95. The Hall–Kier alpha value is -4.26. The first kappa shape index (κ1) is 28.7. The highest BCUT2D eigenvalue weighted by molar-refractivity contribution is 6.51. The van der Waals surface area contributed by atoms with Crippen LogP contribution in [0.5, 0.6) is 17.2 Å². The van der Waals surface area contributed by atoms with Crippen LogP contribution in [0.15, 0.2) is 66.2 Å². The molecule has 1 saturated heterocycles. The molecule has 4 rings (SSSR count). The van der Waals surface area contributed by atoms with Gasteiger partial charge in [-0.05, 0) is 77.9 Å². The van der Waals surface area contributed by atoms with Gasteiger partial charge in [0.05, 0.1) is 32.4 Å². The van der Waals surface area contributed by atoms with Gasteiger partial charge in [0.2, 0.25) is 0 Å². The summed E-state index contributed by atoms with van der Waals surface area (Å²) < 4.78 is 16.7. The van der Waals surface area contributed by atoms with Gasteiger partial charge in [-0.25, -0.2) is 0 Å². The molecule has 1 aliphatic heterocycles. The fourth-order valence-corrected chi connectivity index (χ4v) is 5.05. The Morgan fingerprint density at radius 1 is 0.850 bits per heavy atom. The van der Waals surface area contributed by atoms with Crippen LogP contribution in [0, 0.1) is 0 Å². The number of hydrogen-bond acceptors (Lipinski definition) is 6. The largest absolute Gasteiger partial charge is 0.507 e. The van der Waals surface area contributed by atoms with Gasteiger partial charge in [-0.3, -0.25) is 14.5 Å². The number of methoxy groups -OCH3 is 2. The second-order valence-electron chi connectivity index (χ2n) is 10.4. The summed E-state index contributed by atoms with van der Waals surface area (Å²) in [6, 6.07) is 17.2. The maximum Gasteiger partial charge on any atom is 0.300 e. The minimum Gasteiger partial charge on any atom is -0.507 e. The predicted molar refractivity (Wildman–Crippen MR) is 157 cm³/mol. The molecule has 3 aromatic rings. The number of aliphatic hydroxyl groups excluding tert-OH is 1. The molecular weight excluding hydrogens is 506 g/mol. The molecule has 1 amide bonds. The lowest BCUT2D eigenvalue weighted by molar-refractivity contribution is -0.132. The summed E-state index contributed by atoms with van der Waals surface area (Å²) in [5.41, 5.74) is 3.60. The van der Waals surface area contributed by atoms with Crippen molar-refractivity contribution >= 4 is 23.1 Å². The second kappa shape index (κ2) is 11.9. The highest BCUT2D eigenvalue weighted by atomic mass is 16.5. The minimum atomic E-state index is -0.890. The Morgan fingerprint density at radius 2 is 1.50 bits per heavy atom. The van der Waals surface area contributed by atoms with E-state index in [1.54, 1.807) is 30.3 Å². The molecule has 1 N–H and O–H groups in total. The number of rotatable bonds is 9. The van der Waals surface area contributed by atoms with Crippen molar-refractivity contribution in [1.29, 1.82) is 0 Å². The zero-order valence-electron chi connectivity index (χ0n) is 24.1. The molecule has 1 fully saturated rings. The maximum absolute atomic E-state index is 13.6. The van der Waals surface area contributed by atoms with Crippen molar-refractivity contribution in [3.63, 3.8) is 0 Å². The van der Waals surface area contributed by atoms with E-state index in [9.17, 15) is 14.7 Å². The van der Waals surface area contributed by atoms with E-state index < -0.39 is 17.7 Å². The fraction of sp³-hybridized carbons (Fsp3) is 0.333. The van der Waals surface area contributed by atoms with E-state index in [1.807, 2.05) is 51.1 Å². The number of ketones is 1. The van der Waals surface area contributed by atoms with Crippen LogP contribution in [0.25, 0.3) is 5.76 Å². The Labute approximate surface area is 236 Å². The molecule has 7 nitrogen and oxygen atoms in total. The first-order valence-corrected chi connectivity index (χ1v) is 13.5. The highest BCUT2D eigenvalue weighted by Crippen LogP contribution is 2.44. The fourth-order valence-electron chi connectivity index (χ4n) is 5.05. The van der Waals surface area contributed by atoms with Crippen LogP contribution in [0.3, 0.4) is 0 Å². The summed E-state index contributed by atoms with van der Waals surface area (Å²) >= 11 is 0. The van der Waals surface area contributed by atoms with Gasteiger partial charge in [0.1, 0.15) is 11.5 Å². The first-order valence-electron chi connectivity index (χ1n) is 13.5. The van der Waals surface area contributed by atoms with Gasteiger partial charge >= 0.3 is 0 Å². The topological polar surface area (TPSA) is 85.3 Å². The smallest absolute Gasteiger partial charge is 0.300 e. The average Bonchev–Trinajstić information content (AvgIpc) is 3.22. The van der Waals surface area contributed by atoms with E-state index in [-0.39, 0.29) is 17.3 Å². The normalized spacial score (nSPS) is 16.6. The van der Waals surface area contributed by atoms with Crippen LogP contribution < -0.4 is 19.1 Å². The molecule has 210 valence electrons. The van der Waals surface area contributed by atoms with Crippen molar-refractivity contribution < 1.29 is 28.9 Å². The minimum absolute atomic E-state index is 0.00372. The van der Waals surface area contributed by atoms with Gasteiger partial charge in [0, 0.05) is 11.3 Å². The number of carbonyl (C=O) groups is 2. The third kappa shape index (κ3) is 5.28. The lowest BCUT2D eigenvalue weighted by Crippen LogP contribution is -2.29. The number of ether oxygens (including phenoxy) is 3. The molecule has 0 saturated carbocycles. The number of benzene rings is 3. The Kier molecular flexibility index (Phi) is 8.52. The van der Waals surface area contributed by atoms with E-state index in [1.165, 1.54) is 19.1 Å². The van der Waals surface area contributed by atoms with Crippen molar-refractivity contribution in [3.8, 4) is 17.2 Å². The van der Waals surface area contributed by atoms with Crippen LogP contribution in [0.2, 0.25) is 0 Å². The zero-order valence-corrected chi connectivity index (χ0v) is 24.1. The lowest BCUT2D eigenvalue weighted by atomic mass is 9.92. The van der Waals surface area contributed by atoms with E-state index in [4.69, 9.17) is 14.2 Å². The molecule has 3 aromatic carbocycles. The van der Waals surface area contributed by atoms with Crippen LogP contribution in [0.1, 0.15) is 74.8 Å². The van der Waals surface area contributed by atoms with Gasteiger partial charge in [-0.1, -0.05) is 45.9 Å². The molecule has 0 aliphatic carbocycles. The van der Waals surface area contributed by atoms with Crippen molar-refractivity contribution in [3.05, 3.63) is 88.5 Å². The van der Waals surface area contributed by atoms with Crippen LogP contribution in [-0.4, -0.2) is 37.6 Å². The molecule has 1 unspecified atom stereocenters. The number of amides is 1. The number of Topliss-reactive ketones (excluding diaryl/α,β-unsaturated/α-hetero) is 1. The second-order valence-corrected chi connectivity index (χ2v) is 10.4. The standard InChI is InChI=1S/C33H37NO6/c1-8-40-26-15-12-23(17-25(26)20(4)5)31(35)29-30(22-11-16-27(38-6)28(18-22)39-7)34(33(37)32(29)36)24-13-9-21(10-14-24)19(2)3/h9-20,30,35H,8H2,1-7H3/b31-29+. The molecule has 1 atom stereocenters. The number of carbonyl (C=O) groups excluding carboxylic acids is 2. The molecule has 0 spiro atoms. The lowest BCUT2D eigenvalue weighted by Gasteiger charge is -2.26. The quantitative estimate of drug-likeness (QED) is 0.178. The monoisotopic (exact) mass is 543 g/mol. The summed E-state index contributed by atoms with van der Waals surface area (Å²) in [5, 5.41) is 11.7. The highest BCUT2D eigenvalue weighted by Gasteiger charge is 2.47. The summed E-state index contributed by atoms with van der Waals surface area (Å²) in [6.45, 7) is 10.7. The molecule has 1 heterocycles. The molecule has 7 heteroatoms. The van der Waals surface area contributed by atoms with Crippen molar-refractivity contribution in [2.75, 3.05) is 25.7 Å². The third-order valence-electron chi connectivity index (χ3n) is 7.21. The van der Waals surface area contributed by atoms with Gasteiger partial charge < -0.3 is 19.3 Å². The molecule has 0 radical (unpaired) electrons. The van der Waals surface area contributed by atoms with Crippen LogP contribution >= 0.6 is 0 Å². The molecule has 0 bridgehead atoms. The third-order valence-corrected chi connectivity index (χ3v) is 7.21. The summed E-state index contributed by atoms with van der Waals surface area (Å²) in [6.07, 6.45) is 0. The number of anilines is 1. The maximum atomic E-state index is 13.6.